The molecule has 0 unspecified atom stereocenters. The number of hydrogen-bond donors (Lipinski definition) is 0. The van der Waals surface area contributed by atoms with Crippen LogP contribution in [0, 0.1) is 0 Å². The zero-order valence-corrected chi connectivity index (χ0v) is 21.1. The first-order valence-corrected chi connectivity index (χ1v) is 11.4. The Morgan fingerprint density at radius 2 is 1.41 bits per heavy atom. The molecule has 1 aromatic heterocycles. The van der Waals surface area contributed by atoms with Crippen LogP contribution in [-0.4, -0.2) is 28.4 Å². The third-order valence-electron chi connectivity index (χ3n) is 6.80. The van der Waals surface area contributed by atoms with E-state index < -0.39 is 0 Å². The second-order valence-corrected chi connectivity index (χ2v) is 8.52. The largest absolute Gasteiger partial charge is 1.00 e. The van der Waals surface area contributed by atoms with Crippen LogP contribution in [0.4, 0.5) is 0 Å². The molecule has 34 heavy (non-hydrogen) atoms. The number of fused-ring (bicyclic) bond motifs is 5. The lowest BCUT2D eigenvalue weighted by Gasteiger charge is -2.21. The zero-order valence-electron chi connectivity index (χ0n) is 20.3. The molecule has 0 fully saturated rings. The van der Waals surface area contributed by atoms with E-state index in [1.165, 1.54) is 23.8 Å². The van der Waals surface area contributed by atoms with Crippen molar-refractivity contribution in [2.24, 2.45) is 7.05 Å². The fourth-order valence-corrected chi connectivity index (χ4v) is 5.32. The highest BCUT2D eigenvalue weighted by molar-refractivity contribution is 6.17. The van der Waals surface area contributed by atoms with Crippen molar-refractivity contribution in [3.8, 4) is 23.0 Å². The van der Waals surface area contributed by atoms with E-state index in [2.05, 4.69) is 48.2 Å². The van der Waals surface area contributed by atoms with Crippen LogP contribution in [0.3, 0.4) is 0 Å². The molecule has 0 spiro atoms. The molecule has 0 radical (unpaired) electrons. The van der Waals surface area contributed by atoms with Gasteiger partial charge in [-0.1, -0.05) is 12.1 Å². The van der Waals surface area contributed by atoms with Gasteiger partial charge in [0.15, 0.2) is 29.2 Å². The molecule has 1 aliphatic carbocycles. The summed E-state index contributed by atoms with van der Waals surface area (Å²) in [6.45, 7) is 0. The quantitative estimate of drug-likeness (QED) is 0.326. The lowest BCUT2D eigenvalue weighted by atomic mass is 9.88. The summed E-state index contributed by atoms with van der Waals surface area (Å²) in [6.07, 6.45) is 9.07. The monoisotopic (exact) mass is 479 g/mol. The van der Waals surface area contributed by atoms with Gasteiger partial charge in [-0.2, -0.15) is 4.57 Å². The number of aryl methyl sites for hydroxylation is 1. The predicted octanol–water partition coefficient (Wildman–Crippen LogP) is 2.97. The molecule has 6 heteroatoms. The van der Waals surface area contributed by atoms with Crippen LogP contribution in [-0.2, 0) is 7.05 Å². The fraction of sp³-hybridized carbons (Fsp3) is 0.321. The summed E-state index contributed by atoms with van der Waals surface area (Å²) in [7, 11) is 8.87. The van der Waals surface area contributed by atoms with Crippen LogP contribution < -0.4 is 35.9 Å². The number of hydrogen-bond acceptors (Lipinski definition) is 4. The van der Waals surface area contributed by atoms with Gasteiger partial charge in [0.25, 0.3) is 0 Å². The summed E-state index contributed by atoms with van der Waals surface area (Å²) in [6, 6.07) is 10.6. The van der Waals surface area contributed by atoms with Crippen molar-refractivity contribution >= 4 is 38.0 Å². The summed E-state index contributed by atoms with van der Waals surface area (Å²) in [5, 5.41) is 5.62. The molecule has 0 atom stereocenters. The third-order valence-corrected chi connectivity index (χ3v) is 6.80. The first-order valence-electron chi connectivity index (χ1n) is 11.4. The Kier molecular flexibility index (Phi) is 6.76. The number of allylic oxidation sites excluding steroid dienone is 2. The number of pyridine rings is 1. The molecule has 0 saturated heterocycles. The molecule has 1 aliphatic rings. The van der Waals surface area contributed by atoms with Crippen molar-refractivity contribution in [1.29, 1.82) is 0 Å². The molecular formula is C28H30ClNO4. The highest BCUT2D eigenvalue weighted by Gasteiger charge is 2.25. The Morgan fingerprint density at radius 3 is 2.06 bits per heavy atom. The summed E-state index contributed by atoms with van der Waals surface area (Å²) in [4.78, 5) is 0. The van der Waals surface area contributed by atoms with E-state index in [1.807, 2.05) is 6.07 Å². The van der Waals surface area contributed by atoms with Crippen LogP contribution >= 0.6 is 0 Å². The molecule has 4 aromatic rings. The SMILES string of the molecule is COc1cc2c(ccc3c4ccc(OC)c(OC)c4c[n+](C)c23)c(C2=CCCCC2)c1OC.[Cl-]. The van der Waals surface area contributed by atoms with E-state index in [1.54, 1.807) is 28.4 Å². The minimum Gasteiger partial charge on any atom is -1.00 e. The van der Waals surface area contributed by atoms with Gasteiger partial charge in [-0.3, -0.25) is 0 Å². The van der Waals surface area contributed by atoms with Gasteiger partial charge in [0, 0.05) is 10.9 Å². The Balaban J connectivity index is 0.00000274. The molecule has 0 aliphatic heterocycles. The number of halogens is 1. The molecule has 3 aromatic carbocycles. The Bertz CT molecular complexity index is 1430. The maximum atomic E-state index is 5.89. The summed E-state index contributed by atoms with van der Waals surface area (Å²) in [5.74, 6) is 3.04. The molecule has 0 N–H and O–H groups in total. The highest BCUT2D eigenvalue weighted by Crippen LogP contribution is 2.46. The molecule has 0 saturated carbocycles. The Morgan fingerprint density at radius 1 is 0.706 bits per heavy atom. The van der Waals surface area contributed by atoms with Gasteiger partial charge < -0.3 is 31.4 Å². The molecule has 5 rings (SSSR count). The lowest BCUT2D eigenvalue weighted by Crippen LogP contribution is -3.00. The summed E-state index contributed by atoms with van der Waals surface area (Å²) >= 11 is 0. The lowest BCUT2D eigenvalue weighted by molar-refractivity contribution is -0.642. The average Bonchev–Trinajstić information content (AvgIpc) is 2.86. The van der Waals surface area contributed by atoms with E-state index >= 15 is 0 Å². The van der Waals surface area contributed by atoms with E-state index in [9.17, 15) is 0 Å². The Labute approximate surface area is 206 Å². The first-order chi connectivity index (χ1) is 16.1. The maximum Gasteiger partial charge on any atom is 0.220 e. The van der Waals surface area contributed by atoms with E-state index in [0.29, 0.717) is 0 Å². The van der Waals surface area contributed by atoms with Gasteiger partial charge in [-0.05, 0) is 60.9 Å². The number of ether oxygens (including phenoxy) is 4. The molecule has 0 amide bonds. The van der Waals surface area contributed by atoms with Crippen molar-refractivity contribution in [3.05, 3.63) is 48.2 Å². The predicted molar refractivity (Wildman–Crippen MR) is 133 cm³/mol. The van der Waals surface area contributed by atoms with E-state index in [4.69, 9.17) is 18.9 Å². The van der Waals surface area contributed by atoms with Crippen molar-refractivity contribution in [3.63, 3.8) is 0 Å². The number of nitrogens with zero attached hydrogens (tertiary/aromatic N) is 1. The number of aromatic nitrogens is 1. The number of benzene rings is 3. The summed E-state index contributed by atoms with van der Waals surface area (Å²) in [5.41, 5.74) is 3.64. The smallest absolute Gasteiger partial charge is 0.220 e. The molecule has 178 valence electrons. The normalized spacial score (nSPS) is 13.5. The van der Waals surface area contributed by atoms with E-state index in [0.717, 1.165) is 68.5 Å². The van der Waals surface area contributed by atoms with E-state index in [-0.39, 0.29) is 12.4 Å². The molecule has 5 nitrogen and oxygen atoms in total. The van der Waals surface area contributed by atoms with Crippen molar-refractivity contribution < 1.29 is 35.9 Å². The molecule has 1 heterocycles. The second-order valence-electron chi connectivity index (χ2n) is 8.52. The van der Waals surface area contributed by atoms with Crippen LogP contribution in [0.25, 0.3) is 38.0 Å². The standard InChI is InChI=1S/C28H30NO4.ClH/c1-29-16-22-18(13-14-23(30-2)27(22)32-4)20-12-11-19-21(26(20)29)15-24(31-3)28(33-5)25(19)17-9-7-6-8-10-17;/h9,11-16H,6-8,10H2,1-5H3;1H/q+1;/p-1. The Hall–Kier alpha value is -3.18. The number of methoxy groups -OCH3 is 4. The first kappa shape index (κ1) is 24.0. The van der Waals surface area contributed by atoms with Crippen molar-refractivity contribution in [2.45, 2.75) is 25.7 Å². The van der Waals surface area contributed by atoms with Crippen LogP contribution in [0.1, 0.15) is 31.2 Å². The zero-order chi connectivity index (χ0) is 23.1. The minimum atomic E-state index is 0. The van der Waals surface area contributed by atoms with Crippen LogP contribution in [0.2, 0.25) is 0 Å². The third kappa shape index (κ3) is 3.59. The van der Waals surface area contributed by atoms with Gasteiger partial charge in [0.1, 0.15) is 7.05 Å². The number of rotatable bonds is 5. The van der Waals surface area contributed by atoms with Crippen LogP contribution in [0.5, 0.6) is 23.0 Å². The van der Waals surface area contributed by atoms with Gasteiger partial charge >= 0.3 is 0 Å². The van der Waals surface area contributed by atoms with Crippen molar-refractivity contribution in [1.82, 2.24) is 0 Å². The molecule has 0 bridgehead atoms. The highest BCUT2D eigenvalue weighted by atomic mass is 35.5. The van der Waals surface area contributed by atoms with Gasteiger partial charge in [0.05, 0.1) is 44.6 Å². The van der Waals surface area contributed by atoms with Crippen molar-refractivity contribution in [2.75, 3.05) is 28.4 Å². The van der Waals surface area contributed by atoms with Gasteiger partial charge in [-0.25, -0.2) is 0 Å². The van der Waals surface area contributed by atoms with Gasteiger partial charge in [-0.15, -0.1) is 0 Å². The fourth-order valence-electron chi connectivity index (χ4n) is 5.32. The maximum absolute atomic E-state index is 5.89. The minimum absolute atomic E-state index is 0. The average molecular weight is 480 g/mol. The van der Waals surface area contributed by atoms with Gasteiger partial charge in [0.2, 0.25) is 5.52 Å². The second kappa shape index (κ2) is 9.59. The van der Waals surface area contributed by atoms with Crippen LogP contribution in [0.15, 0.2) is 42.6 Å². The molecular weight excluding hydrogens is 450 g/mol. The topological polar surface area (TPSA) is 40.8 Å². The summed E-state index contributed by atoms with van der Waals surface area (Å²) < 4.78 is 25.1.